The van der Waals surface area contributed by atoms with E-state index in [0.717, 1.165) is 16.1 Å². The van der Waals surface area contributed by atoms with Gasteiger partial charge in [-0.1, -0.05) is 41.3 Å². The summed E-state index contributed by atoms with van der Waals surface area (Å²) in [5, 5.41) is 3.42. The molecule has 94 valence electrons. The Morgan fingerprint density at radius 3 is 2.76 bits per heavy atom. The number of hydrogen-bond donors (Lipinski definition) is 1. The van der Waals surface area contributed by atoms with E-state index in [1.807, 2.05) is 13.1 Å². The Labute approximate surface area is 112 Å². The number of nitrogens with one attached hydrogen (secondary N) is 1. The fourth-order valence-corrected chi connectivity index (χ4v) is 2.78. The molecule has 0 spiro atoms. The first-order valence-electron chi connectivity index (χ1n) is 6.25. The van der Waals surface area contributed by atoms with E-state index in [-0.39, 0.29) is 0 Å². The highest BCUT2D eigenvalue weighted by Gasteiger charge is 2.23. The highest BCUT2D eigenvalue weighted by Crippen LogP contribution is 2.37. The third kappa shape index (κ3) is 3.02. The van der Waals surface area contributed by atoms with E-state index >= 15 is 0 Å². The molecule has 3 heteroatoms. The molecule has 2 rings (SSSR count). The van der Waals surface area contributed by atoms with Crippen LogP contribution in [0.1, 0.15) is 37.3 Å². The number of rotatable bonds is 5. The molecule has 0 bridgehead atoms. The number of ether oxygens (including phenoxy) is 1. The average molecular weight is 298 g/mol. The second kappa shape index (κ2) is 5.87. The second-order valence-corrected chi connectivity index (χ2v) is 5.68. The summed E-state index contributed by atoms with van der Waals surface area (Å²) < 4.78 is 6.54. The van der Waals surface area contributed by atoms with Crippen molar-refractivity contribution in [3.63, 3.8) is 0 Å². The predicted molar refractivity (Wildman–Crippen MR) is 74.5 cm³/mol. The molecule has 1 fully saturated rings. The maximum Gasteiger partial charge on any atom is 0.124 e. The summed E-state index contributed by atoms with van der Waals surface area (Å²) in [7, 11) is 3.77. The van der Waals surface area contributed by atoms with Crippen LogP contribution in [0.5, 0.6) is 5.75 Å². The van der Waals surface area contributed by atoms with Crippen molar-refractivity contribution in [1.29, 1.82) is 0 Å². The smallest absolute Gasteiger partial charge is 0.124 e. The van der Waals surface area contributed by atoms with Gasteiger partial charge in [-0.3, -0.25) is 0 Å². The van der Waals surface area contributed by atoms with Crippen LogP contribution >= 0.6 is 15.9 Å². The first-order chi connectivity index (χ1) is 8.24. The fraction of sp³-hybridized carbons (Fsp3) is 0.571. The van der Waals surface area contributed by atoms with Crippen LogP contribution in [0, 0.1) is 5.92 Å². The van der Waals surface area contributed by atoms with Gasteiger partial charge >= 0.3 is 0 Å². The number of benzene rings is 1. The highest BCUT2D eigenvalue weighted by molar-refractivity contribution is 9.10. The number of hydrogen-bond acceptors (Lipinski definition) is 2. The second-order valence-electron chi connectivity index (χ2n) is 4.76. The van der Waals surface area contributed by atoms with Gasteiger partial charge < -0.3 is 10.1 Å². The van der Waals surface area contributed by atoms with Crippen molar-refractivity contribution in [2.75, 3.05) is 14.2 Å². The van der Waals surface area contributed by atoms with Crippen molar-refractivity contribution < 1.29 is 4.74 Å². The zero-order valence-electron chi connectivity index (χ0n) is 10.5. The van der Waals surface area contributed by atoms with E-state index in [1.165, 1.54) is 31.2 Å². The van der Waals surface area contributed by atoms with E-state index in [9.17, 15) is 0 Å². The lowest BCUT2D eigenvalue weighted by Gasteiger charge is -2.30. The van der Waals surface area contributed by atoms with E-state index in [0.29, 0.717) is 6.04 Å². The molecule has 0 amide bonds. The Morgan fingerprint density at radius 2 is 2.24 bits per heavy atom. The minimum absolute atomic E-state index is 0.406. The van der Waals surface area contributed by atoms with Crippen molar-refractivity contribution in [2.45, 2.75) is 31.7 Å². The van der Waals surface area contributed by atoms with Crippen LogP contribution in [0.15, 0.2) is 22.7 Å². The lowest BCUT2D eigenvalue weighted by Crippen LogP contribution is -2.23. The van der Waals surface area contributed by atoms with Gasteiger partial charge in [0.2, 0.25) is 0 Å². The Kier molecular flexibility index (Phi) is 4.46. The van der Waals surface area contributed by atoms with Crippen molar-refractivity contribution in [3.05, 3.63) is 28.2 Å². The summed E-state index contributed by atoms with van der Waals surface area (Å²) >= 11 is 3.48. The molecule has 0 aliphatic heterocycles. The maximum atomic E-state index is 5.47. The predicted octanol–water partition coefficient (Wildman–Crippen LogP) is 3.91. The zero-order valence-corrected chi connectivity index (χ0v) is 12.1. The molecular formula is C14H20BrNO. The minimum Gasteiger partial charge on any atom is -0.496 e. The normalized spacial score (nSPS) is 17.6. The van der Waals surface area contributed by atoms with Gasteiger partial charge in [-0.2, -0.15) is 0 Å². The lowest BCUT2D eigenvalue weighted by molar-refractivity contribution is 0.263. The number of methoxy groups -OCH3 is 1. The van der Waals surface area contributed by atoms with Gasteiger partial charge in [0.25, 0.3) is 0 Å². The molecule has 1 atom stereocenters. The molecule has 0 heterocycles. The standard InChI is InChI=1S/C14H20BrNO/c1-16-13(8-10-4-3-5-10)12-7-6-11(15)9-14(12)17-2/h6-7,9-10,13,16H,3-5,8H2,1-2H3. The molecule has 1 saturated carbocycles. The van der Waals surface area contributed by atoms with Crippen LogP contribution in [-0.2, 0) is 0 Å². The molecule has 0 saturated heterocycles. The molecule has 1 aromatic carbocycles. The first-order valence-corrected chi connectivity index (χ1v) is 7.04. The summed E-state index contributed by atoms with van der Waals surface area (Å²) in [5.41, 5.74) is 1.27. The molecule has 0 radical (unpaired) electrons. The van der Waals surface area contributed by atoms with Gasteiger partial charge in [0.05, 0.1) is 7.11 Å². The molecule has 1 aliphatic rings. The Balaban J connectivity index is 2.16. The summed E-state index contributed by atoms with van der Waals surface area (Å²) in [6.45, 7) is 0. The average Bonchev–Trinajstić information content (AvgIpc) is 2.29. The summed E-state index contributed by atoms with van der Waals surface area (Å²) in [6, 6.07) is 6.69. The van der Waals surface area contributed by atoms with Crippen LogP contribution in [0.4, 0.5) is 0 Å². The van der Waals surface area contributed by atoms with Gasteiger partial charge in [0.15, 0.2) is 0 Å². The molecule has 1 unspecified atom stereocenters. The fourth-order valence-electron chi connectivity index (χ4n) is 2.44. The maximum absolute atomic E-state index is 5.47. The minimum atomic E-state index is 0.406. The van der Waals surface area contributed by atoms with Gasteiger partial charge in [-0.15, -0.1) is 0 Å². The summed E-state index contributed by atoms with van der Waals surface area (Å²) in [6.07, 6.45) is 5.39. The topological polar surface area (TPSA) is 21.3 Å². The van der Waals surface area contributed by atoms with Crippen molar-refractivity contribution in [3.8, 4) is 5.75 Å². The SMILES string of the molecule is CNC(CC1CCC1)c1ccc(Br)cc1OC. The van der Waals surface area contributed by atoms with Crippen LogP contribution < -0.4 is 10.1 Å². The Morgan fingerprint density at radius 1 is 1.47 bits per heavy atom. The molecule has 1 aromatic rings. The molecule has 17 heavy (non-hydrogen) atoms. The van der Waals surface area contributed by atoms with Crippen molar-refractivity contribution in [1.82, 2.24) is 5.32 Å². The highest BCUT2D eigenvalue weighted by atomic mass is 79.9. The molecule has 1 aliphatic carbocycles. The largest absolute Gasteiger partial charge is 0.496 e. The Bertz CT molecular complexity index is 376. The molecule has 2 nitrogen and oxygen atoms in total. The van der Waals surface area contributed by atoms with Gasteiger partial charge in [-0.25, -0.2) is 0 Å². The van der Waals surface area contributed by atoms with Crippen molar-refractivity contribution in [2.24, 2.45) is 5.92 Å². The van der Waals surface area contributed by atoms with Gasteiger partial charge in [-0.05, 0) is 31.5 Å². The number of halogens is 1. The summed E-state index contributed by atoms with van der Waals surface area (Å²) in [5.74, 6) is 1.86. The van der Waals surface area contributed by atoms with E-state index in [4.69, 9.17) is 4.74 Å². The monoisotopic (exact) mass is 297 g/mol. The molecular weight excluding hydrogens is 278 g/mol. The molecule has 0 aromatic heterocycles. The van der Waals surface area contributed by atoms with Crippen molar-refractivity contribution >= 4 is 15.9 Å². The lowest BCUT2D eigenvalue weighted by atomic mass is 9.79. The van der Waals surface area contributed by atoms with Crippen LogP contribution in [0.3, 0.4) is 0 Å². The third-order valence-corrected chi connectivity index (χ3v) is 4.21. The quantitative estimate of drug-likeness (QED) is 0.890. The van der Waals surface area contributed by atoms with Gasteiger partial charge in [0.1, 0.15) is 5.75 Å². The Hall–Kier alpha value is -0.540. The van der Waals surface area contributed by atoms with E-state index in [1.54, 1.807) is 7.11 Å². The van der Waals surface area contributed by atoms with Crippen LogP contribution in [0.25, 0.3) is 0 Å². The first kappa shape index (κ1) is 12.9. The van der Waals surface area contributed by atoms with E-state index in [2.05, 4.69) is 33.4 Å². The van der Waals surface area contributed by atoms with E-state index < -0.39 is 0 Å². The summed E-state index contributed by atoms with van der Waals surface area (Å²) in [4.78, 5) is 0. The van der Waals surface area contributed by atoms with Crippen LogP contribution in [0.2, 0.25) is 0 Å². The third-order valence-electron chi connectivity index (χ3n) is 3.71. The van der Waals surface area contributed by atoms with Crippen LogP contribution in [-0.4, -0.2) is 14.2 Å². The van der Waals surface area contributed by atoms with Gasteiger partial charge in [0, 0.05) is 16.1 Å². The molecule has 1 N–H and O–H groups in total. The zero-order chi connectivity index (χ0) is 12.3.